The molecule has 1 heterocycles. The van der Waals surface area contributed by atoms with E-state index in [-0.39, 0.29) is 36.3 Å². The number of hydrogen-bond donors (Lipinski definition) is 1. The Kier molecular flexibility index (Phi) is 7.71. The van der Waals surface area contributed by atoms with Crippen LogP contribution in [0, 0.1) is 5.92 Å². The Hall–Kier alpha value is -1.46. The summed E-state index contributed by atoms with van der Waals surface area (Å²) < 4.78 is 59.8. The molecule has 1 aliphatic heterocycles. The van der Waals surface area contributed by atoms with Crippen molar-refractivity contribution in [1.29, 1.82) is 0 Å². The minimum absolute atomic E-state index is 0.0388. The summed E-state index contributed by atoms with van der Waals surface area (Å²) in [5.41, 5.74) is 2.09. The van der Waals surface area contributed by atoms with Gasteiger partial charge in [0.05, 0.1) is 19.4 Å². The zero-order valence-corrected chi connectivity index (χ0v) is 20.8. The summed E-state index contributed by atoms with van der Waals surface area (Å²) >= 11 is 0. The van der Waals surface area contributed by atoms with E-state index >= 15 is 0 Å². The van der Waals surface area contributed by atoms with Crippen molar-refractivity contribution in [3.05, 3.63) is 29.8 Å². The largest absolute Gasteiger partial charge is 0.487 e. The van der Waals surface area contributed by atoms with Gasteiger partial charge >= 0.3 is 0 Å². The summed E-state index contributed by atoms with van der Waals surface area (Å²) in [4.78, 5) is 0.0388. The zero-order chi connectivity index (χ0) is 23.7. The topological polar surface area (TPSA) is 104 Å². The lowest BCUT2D eigenvalue weighted by Gasteiger charge is -2.37. The number of sulfonamides is 2. The number of hydrogen-bond acceptors (Lipinski definition) is 6. The monoisotopic (exact) mass is 486 g/mol. The molecule has 32 heavy (non-hydrogen) atoms. The molecule has 3 atom stereocenters. The Morgan fingerprint density at radius 1 is 1.31 bits per heavy atom. The van der Waals surface area contributed by atoms with Gasteiger partial charge in [0.15, 0.2) is 0 Å². The molecular weight excluding hydrogens is 452 g/mol. The highest BCUT2D eigenvalue weighted by atomic mass is 32.2. The van der Waals surface area contributed by atoms with Crippen molar-refractivity contribution >= 4 is 25.6 Å². The fourth-order valence-corrected chi connectivity index (χ4v) is 6.38. The minimum atomic E-state index is -3.92. The molecule has 0 spiro atoms. The third-order valence-corrected chi connectivity index (χ3v) is 9.63. The summed E-state index contributed by atoms with van der Waals surface area (Å²) in [7, 11) is -5.87. The van der Waals surface area contributed by atoms with Gasteiger partial charge in [0.1, 0.15) is 16.7 Å². The molecule has 1 N–H and O–H groups in total. The highest BCUT2D eigenvalue weighted by Crippen LogP contribution is 2.37. The number of nitrogens with zero attached hydrogens (tertiary/aromatic N) is 2. The molecule has 8 nitrogen and oxygen atoms in total. The van der Waals surface area contributed by atoms with Crippen LogP contribution in [-0.4, -0.2) is 75.7 Å². The van der Waals surface area contributed by atoms with Crippen LogP contribution in [0.25, 0.3) is 5.57 Å². The zero-order valence-electron chi connectivity index (χ0n) is 19.2. The molecule has 0 bridgehead atoms. The van der Waals surface area contributed by atoms with Gasteiger partial charge in [-0.1, -0.05) is 19.1 Å². The van der Waals surface area contributed by atoms with E-state index in [1.54, 1.807) is 25.1 Å². The fourth-order valence-electron chi connectivity index (χ4n) is 4.13. The molecule has 0 fully saturated rings. The molecule has 0 saturated carbocycles. The van der Waals surface area contributed by atoms with Gasteiger partial charge in [-0.05, 0) is 55.9 Å². The van der Waals surface area contributed by atoms with Crippen LogP contribution in [0.2, 0.25) is 0 Å². The van der Waals surface area contributed by atoms with Crippen molar-refractivity contribution in [2.45, 2.75) is 56.6 Å². The highest BCUT2D eigenvalue weighted by molar-refractivity contribution is 7.89. The lowest BCUT2D eigenvalue weighted by molar-refractivity contribution is 0.0905. The number of aliphatic hydroxyl groups is 1. The van der Waals surface area contributed by atoms with Crippen LogP contribution < -0.4 is 4.74 Å². The van der Waals surface area contributed by atoms with Crippen LogP contribution >= 0.6 is 0 Å². The SMILES string of the molecule is C[C@@H]1CN([C@H](C)CO)S(=O)(=O)c2ccc(C3=CCCCC3)cc2O[C@@H]1CN(C)S(C)(=O)=O. The smallest absolute Gasteiger partial charge is 0.247 e. The number of aliphatic hydroxyl groups excluding tert-OH is 1. The summed E-state index contributed by atoms with van der Waals surface area (Å²) in [5, 5.41) is 9.72. The van der Waals surface area contributed by atoms with E-state index in [4.69, 9.17) is 4.74 Å². The maximum atomic E-state index is 13.5. The molecule has 2 aliphatic rings. The van der Waals surface area contributed by atoms with Gasteiger partial charge in [-0.3, -0.25) is 0 Å². The predicted octanol–water partition coefficient (Wildman–Crippen LogP) is 2.30. The van der Waals surface area contributed by atoms with E-state index in [0.29, 0.717) is 0 Å². The Morgan fingerprint density at radius 2 is 2.03 bits per heavy atom. The van der Waals surface area contributed by atoms with Gasteiger partial charge in [-0.15, -0.1) is 0 Å². The van der Waals surface area contributed by atoms with Crippen molar-refractivity contribution in [2.75, 3.05) is 33.0 Å². The standard InChI is InChI=1S/C22H34N2O6S2/c1-16-13-24(17(2)15-25)32(28,29)22-11-10-19(18-8-6-5-7-9-18)12-20(22)30-21(16)14-23(3)31(4,26)27/h8,10-12,16-17,21,25H,5-7,9,13-15H2,1-4H3/t16-,17-,21-/m1/s1. The molecule has 3 rings (SSSR count). The first-order valence-corrected chi connectivity index (χ1v) is 14.3. The summed E-state index contributed by atoms with van der Waals surface area (Å²) in [6.45, 7) is 3.38. The fraction of sp³-hybridized carbons (Fsp3) is 0.636. The van der Waals surface area contributed by atoms with Gasteiger partial charge < -0.3 is 9.84 Å². The number of likely N-dealkylation sites (N-methyl/N-ethyl adjacent to an activating group) is 1. The molecular formula is C22H34N2O6S2. The third kappa shape index (κ3) is 5.36. The van der Waals surface area contributed by atoms with Gasteiger partial charge in [0.25, 0.3) is 0 Å². The molecule has 1 aliphatic carbocycles. The van der Waals surface area contributed by atoms with Crippen LogP contribution in [0.1, 0.15) is 45.1 Å². The first-order valence-electron chi connectivity index (χ1n) is 11.0. The van der Waals surface area contributed by atoms with Crippen molar-refractivity contribution in [3.8, 4) is 5.75 Å². The molecule has 0 amide bonds. The molecule has 1 aromatic carbocycles. The van der Waals surface area contributed by atoms with Gasteiger partial charge in [0.2, 0.25) is 20.0 Å². The van der Waals surface area contributed by atoms with E-state index in [0.717, 1.165) is 37.5 Å². The number of ether oxygens (including phenoxy) is 1. The lowest BCUT2D eigenvalue weighted by Crippen LogP contribution is -2.50. The summed E-state index contributed by atoms with van der Waals surface area (Å²) in [6, 6.07) is 4.51. The highest BCUT2D eigenvalue weighted by Gasteiger charge is 2.38. The van der Waals surface area contributed by atoms with E-state index < -0.39 is 32.2 Å². The number of fused-ring (bicyclic) bond motifs is 1. The van der Waals surface area contributed by atoms with E-state index in [2.05, 4.69) is 6.08 Å². The van der Waals surface area contributed by atoms with Crippen molar-refractivity contribution in [3.63, 3.8) is 0 Å². The van der Waals surface area contributed by atoms with E-state index in [9.17, 15) is 21.9 Å². The second-order valence-corrected chi connectivity index (χ2v) is 12.9. The van der Waals surface area contributed by atoms with Crippen LogP contribution in [0.3, 0.4) is 0 Å². The van der Waals surface area contributed by atoms with Gasteiger partial charge in [0, 0.05) is 25.6 Å². The Labute approximate surface area is 192 Å². The van der Waals surface area contributed by atoms with Crippen LogP contribution in [0.15, 0.2) is 29.2 Å². The molecule has 0 unspecified atom stereocenters. The van der Waals surface area contributed by atoms with Crippen LogP contribution in [0.4, 0.5) is 0 Å². The minimum Gasteiger partial charge on any atom is -0.487 e. The van der Waals surface area contributed by atoms with Crippen LogP contribution in [-0.2, 0) is 20.0 Å². The first kappa shape index (κ1) is 25.2. The first-order chi connectivity index (χ1) is 14.9. The summed E-state index contributed by atoms with van der Waals surface area (Å²) in [6.07, 6.45) is 6.90. The van der Waals surface area contributed by atoms with Crippen molar-refractivity contribution < 1.29 is 26.7 Å². The Morgan fingerprint density at radius 3 is 2.62 bits per heavy atom. The molecule has 0 saturated heterocycles. The maximum absolute atomic E-state index is 13.5. The molecule has 0 aromatic heterocycles. The average molecular weight is 487 g/mol. The predicted molar refractivity (Wildman–Crippen MR) is 124 cm³/mol. The Bertz CT molecular complexity index is 1070. The third-order valence-electron chi connectivity index (χ3n) is 6.33. The molecule has 10 heteroatoms. The average Bonchev–Trinajstić information content (AvgIpc) is 2.75. The van der Waals surface area contributed by atoms with Crippen molar-refractivity contribution in [1.82, 2.24) is 8.61 Å². The van der Waals surface area contributed by atoms with Gasteiger partial charge in [-0.25, -0.2) is 21.1 Å². The maximum Gasteiger partial charge on any atom is 0.247 e. The van der Waals surface area contributed by atoms with E-state index in [1.807, 2.05) is 6.92 Å². The summed E-state index contributed by atoms with van der Waals surface area (Å²) in [5.74, 6) is -0.0868. The van der Waals surface area contributed by atoms with Gasteiger partial charge in [-0.2, -0.15) is 4.31 Å². The van der Waals surface area contributed by atoms with Crippen molar-refractivity contribution in [2.24, 2.45) is 5.92 Å². The molecule has 180 valence electrons. The molecule has 1 aromatic rings. The normalized spacial score (nSPS) is 25.2. The second-order valence-electron chi connectivity index (χ2n) is 8.92. The number of benzene rings is 1. The van der Waals surface area contributed by atoms with E-state index in [1.165, 1.54) is 21.2 Å². The number of rotatable bonds is 6. The number of allylic oxidation sites excluding steroid dienone is 2. The molecule has 0 radical (unpaired) electrons. The quantitative estimate of drug-likeness (QED) is 0.662. The Balaban J connectivity index is 2.11. The lowest BCUT2D eigenvalue weighted by atomic mass is 9.93. The van der Waals surface area contributed by atoms with Crippen LogP contribution in [0.5, 0.6) is 5.75 Å². The second kappa shape index (κ2) is 9.80.